The standard InChI is InChI=1S/C30H45BO7S/c1-17(31-37-22-16-19-15-21(29(19,8)9)30(22,10)38-31)14-18-12-13-20(39-11)23(25(32)35-27(2,3)4)24(18)34-26(33)36-28(5,6)7/h12-13,17,19,21-22H,14-16H2,1-11H3/t17-,19+,21+,22-,30+/m1/s1. The second kappa shape index (κ2) is 10.3. The third kappa shape index (κ3) is 6.01. The van der Waals surface area contributed by atoms with E-state index in [0.717, 1.165) is 6.42 Å². The molecule has 2 bridgehead atoms. The van der Waals surface area contributed by atoms with Crippen molar-refractivity contribution in [1.82, 2.24) is 0 Å². The Hall–Kier alpha value is -1.71. The fourth-order valence-electron chi connectivity index (χ4n) is 6.52. The van der Waals surface area contributed by atoms with Gasteiger partial charge < -0.3 is 23.5 Å². The number of hydrogen-bond acceptors (Lipinski definition) is 8. The lowest BCUT2D eigenvalue weighted by Gasteiger charge is -2.64. The van der Waals surface area contributed by atoms with E-state index in [9.17, 15) is 9.59 Å². The number of benzene rings is 1. The molecule has 1 saturated heterocycles. The van der Waals surface area contributed by atoms with Crippen LogP contribution in [0.25, 0.3) is 0 Å². The van der Waals surface area contributed by atoms with E-state index in [0.29, 0.717) is 28.7 Å². The van der Waals surface area contributed by atoms with E-state index in [4.69, 9.17) is 23.5 Å². The van der Waals surface area contributed by atoms with Crippen molar-refractivity contribution >= 4 is 31.0 Å². The van der Waals surface area contributed by atoms with Gasteiger partial charge in [0.25, 0.3) is 0 Å². The highest BCUT2D eigenvalue weighted by atomic mass is 32.2. The summed E-state index contributed by atoms with van der Waals surface area (Å²) in [6, 6.07) is 3.78. The van der Waals surface area contributed by atoms with Crippen LogP contribution < -0.4 is 4.74 Å². The molecule has 5 atom stereocenters. The summed E-state index contributed by atoms with van der Waals surface area (Å²) in [5.74, 6) is 0.704. The zero-order valence-electron chi connectivity index (χ0n) is 25.4. The number of hydrogen-bond donors (Lipinski definition) is 0. The summed E-state index contributed by atoms with van der Waals surface area (Å²) in [5.41, 5.74) is -0.591. The van der Waals surface area contributed by atoms with Crippen LogP contribution in [0.3, 0.4) is 0 Å². The molecule has 0 N–H and O–H groups in total. The number of esters is 1. The fraction of sp³-hybridized carbons (Fsp3) is 0.733. The first-order valence-electron chi connectivity index (χ1n) is 14.0. The first-order chi connectivity index (χ1) is 17.9. The summed E-state index contributed by atoms with van der Waals surface area (Å²) < 4.78 is 30.2. The monoisotopic (exact) mass is 560 g/mol. The number of rotatable bonds is 6. The van der Waals surface area contributed by atoms with Crippen LogP contribution in [-0.4, -0.2) is 48.4 Å². The second-order valence-electron chi connectivity index (χ2n) is 14.2. The van der Waals surface area contributed by atoms with E-state index < -0.39 is 30.4 Å². The predicted octanol–water partition coefficient (Wildman–Crippen LogP) is 7.34. The Bertz CT molecular complexity index is 1120. The van der Waals surface area contributed by atoms with Crippen LogP contribution >= 0.6 is 11.8 Å². The highest BCUT2D eigenvalue weighted by Gasteiger charge is 2.68. The van der Waals surface area contributed by atoms with Gasteiger partial charge in [-0.25, -0.2) is 9.59 Å². The van der Waals surface area contributed by atoms with Crippen LogP contribution in [0.5, 0.6) is 5.75 Å². The van der Waals surface area contributed by atoms with Crippen molar-refractivity contribution in [3.63, 3.8) is 0 Å². The molecule has 0 amide bonds. The molecular formula is C30H45BO7S. The zero-order chi connectivity index (χ0) is 29.1. The quantitative estimate of drug-likeness (QED) is 0.155. The Balaban J connectivity index is 1.64. The highest BCUT2D eigenvalue weighted by molar-refractivity contribution is 7.98. The molecule has 39 heavy (non-hydrogen) atoms. The van der Waals surface area contributed by atoms with Gasteiger partial charge in [-0.05, 0) is 109 Å². The topological polar surface area (TPSA) is 80.3 Å². The molecule has 0 unspecified atom stereocenters. The molecule has 0 aromatic heterocycles. The molecule has 5 rings (SSSR count). The lowest BCUT2D eigenvalue weighted by atomic mass is 9.43. The zero-order valence-corrected chi connectivity index (χ0v) is 26.2. The molecule has 3 aliphatic carbocycles. The Morgan fingerprint density at radius 1 is 1.08 bits per heavy atom. The molecule has 1 heterocycles. The van der Waals surface area contributed by atoms with Crippen LogP contribution in [-0.2, 0) is 25.2 Å². The molecule has 3 saturated carbocycles. The molecular weight excluding hydrogens is 515 g/mol. The predicted molar refractivity (Wildman–Crippen MR) is 153 cm³/mol. The highest BCUT2D eigenvalue weighted by Crippen LogP contribution is 2.66. The molecule has 9 heteroatoms. The van der Waals surface area contributed by atoms with Crippen molar-refractivity contribution in [2.24, 2.45) is 17.3 Å². The van der Waals surface area contributed by atoms with Gasteiger partial charge in [0.2, 0.25) is 0 Å². The summed E-state index contributed by atoms with van der Waals surface area (Å²) in [7, 11) is -0.394. The van der Waals surface area contributed by atoms with Crippen molar-refractivity contribution in [3.8, 4) is 5.75 Å². The summed E-state index contributed by atoms with van der Waals surface area (Å²) in [5, 5.41) is 0. The third-order valence-electron chi connectivity index (χ3n) is 8.57. The lowest BCUT2D eigenvalue weighted by molar-refractivity contribution is -0.199. The van der Waals surface area contributed by atoms with Crippen molar-refractivity contribution in [3.05, 3.63) is 23.3 Å². The molecule has 4 fully saturated rings. The second-order valence-corrected chi connectivity index (χ2v) is 15.1. The van der Waals surface area contributed by atoms with E-state index in [-0.39, 0.29) is 34.3 Å². The largest absolute Gasteiger partial charge is 0.514 e. The van der Waals surface area contributed by atoms with Gasteiger partial charge in [0.1, 0.15) is 16.8 Å². The normalized spacial score (nSPS) is 28.3. The SMILES string of the molecule is CSc1ccc(C[C@@H](C)B2O[C@@H]3C[C@@H]4C[C@@H](C4(C)C)[C@]3(C)O2)c(OC(=O)OC(C)(C)C)c1C(=O)OC(C)(C)C. The molecule has 1 aromatic carbocycles. The lowest BCUT2D eigenvalue weighted by Crippen LogP contribution is -2.65. The summed E-state index contributed by atoms with van der Waals surface area (Å²) in [4.78, 5) is 26.9. The van der Waals surface area contributed by atoms with Gasteiger partial charge in [-0.2, -0.15) is 0 Å². The van der Waals surface area contributed by atoms with Gasteiger partial charge in [0.15, 0.2) is 5.75 Å². The first kappa shape index (κ1) is 30.3. The smallest absolute Gasteiger partial charge is 0.456 e. The molecule has 1 aromatic rings. The van der Waals surface area contributed by atoms with Crippen LogP contribution in [0.1, 0.15) is 98.0 Å². The number of ether oxygens (including phenoxy) is 3. The Labute approximate surface area is 238 Å². The number of carbonyl (C=O) groups excluding carboxylic acids is 2. The number of carbonyl (C=O) groups is 2. The Morgan fingerprint density at radius 3 is 2.28 bits per heavy atom. The molecule has 0 radical (unpaired) electrons. The summed E-state index contributed by atoms with van der Waals surface area (Å²) in [6.07, 6.45) is 3.77. The molecule has 4 aliphatic rings. The van der Waals surface area contributed by atoms with Crippen molar-refractivity contribution < 1.29 is 33.1 Å². The maximum atomic E-state index is 13.4. The van der Waals surface area contributed by atoms with Gasteiger partial charge >= 0.3 is 19.2 Å². The minimum atomic E-state index is -0.867. The van der Waals surface area contributed by atoms with E-state index in [2.05, 4.69) is 27.7 Å². The van der Waals surface area contributed by atoms with Gasteiger partial charge in [-0.15, -0.1) is 11.8 Å². The van der Waals surface area contributed by atoms with E-state index in [1.165, 1.54) is 18.2 Å². The van der Waals surface area contributed by atoms with Crippen LogP contribution in [0.4, 0.5) is 4.79 Å². The molecule has 216 valence electrons. The molecule has 1 aliphatic heterocycles. The third-order valence-corrected chi connectivity index (χ3v) is 9.35. The summed E-state index contributed by atoms with van der Waals surface area (Å²) >= 11 is 1.39. The fourth-order valence-corrected chi connectivity index (χ4v) is 7.10. The van der Waals surface area contributed by atoms with Crippen LogP contribution in [0.15, 0.2) is 17.0 Å². The van der Waals surface area contributed by atoms with Crippen molar-refractivity contribution in [2.45, 2.75) is 122 Å². The molecule has 0 spiro atoms. The van der Waals surface area contributed by atoms with Crippen molar-refractivity contribution in [1.29, 1.82) is 0 Å². The van der Waals surface area contributed by atoms with E-state index >= 15 is 0 Å². The van der Waals surface area contributed by atoms with E-state index in [1.54, 1.807) is 20.8 Å². The van der Waals surface area contributed by atoms with Gasteiger partial charge in [-0.3, -0.25) is 0 Å². The first-order valence-corrected chi connectivity index (χ1v) is 15.3. The summed E-state index contributed by atoms with van der Waals surface area (Å²) in [6.45, 7) is 19.7. The average molecular weight is 561 g/mol. The van der Waals surface area contributed by atoms with Gasteiger partial charge in [-0.1, -0.05) is 26.8 Å². The Morgan fingerprint density at radius 2 is 1.72 bits per heavy atom. The van der Waals surface area contributed by atoms with E-state index in [1.807, 2.05) is 39.2 Å². The van der Waals surface area contributed by atoms with Gasteiger partial charge in [0.05, 0.1) is 11.7 Å². The minimum Gasteiger partial charge on any atom is -0.456 e. The van der Waals surface area contributed by atoms with Crippen LogP contribution in [0, 0.1) is 17.3 Å². The van der Waals surface area contributed by atoms with Gasteiger partial charge in [0, 0.05) is 4.90 Å². The Kier molecular flexibility index (Phi) is 7.98. The average Bonchev–Trinajstić information content (AvgIpc) is 3.14. The van der Waals surface area contributed by atoms with Crippen molar-refractivity contribution in [2.75, 3.05) is 6.26 Å². The van der Waals surface area contributed by atoms with Crippen LogP contribution in [0.2, 0.25) is 5.82 Å². The minimum absolute atomic E-state index is 0.0552. The molecule has 7 nitrogen and oxygen atoms in total. The maximum Gasteiger partial charge on any atom is 0.514 e. The number of thioether (sulfide) groups is 1. The maximum absolute atomic E-state index is 13.4.